The van der Waals surface area contributed by atoms with Crippen LogP contribution in [0.4, 0.5) is 4.79 Å². The SMILES string of the molecule is O=C(O)N1CC=C(c2ccc(CCCOCc3ccccc3)nc2)CC1. The number of pyridine rings is 1. The van der Waals surface area contributed by atoms with Gasteiger partial charge in [-0.3, -0.25) is 4.98 Å². The zero-order chi connectivity index (χ0) is 18.2. The molecule has 0 atom stereocenters. The Labute approximate surface area is 153 Å². The van der Waals surface area contributed by atoms with E-state index in [0.717, 1.165) is 30.5 Å². The third-order valence-corrected chi connectivity index (χ3v) is 4.51. The van der Waals surface area contributed by atoms with Gasteiger partial charge < -0.3 is 14.7 Å². The van der Waals surface area contributed by atoms with E-state index in [2.05, 4.69) is 29.2 Å². The second-order valence-electron chi connectivity index (χ2n) is 6.39. The number of carbonyl (C=O) groups is 1. The summed E-state index contributed by atoms with van der Waals surface area (Å²) in [4.78, 5) is 16.9. The first-order valence-corrected chi connectivity index (χ1v) is 8.96. The van der Waals surface area contributed by atoms with Crippen LogP contribution in [-0.4, -0.2) is 40.8 Å². The van der Waals surface area contributed by atoms with E-state index >= 15 is 0 Å². The van der Waals surface area contributed by atoms with Crippen LogP contribution in [0.25, 0.3) is 5.57 Å². The number of amides is 1. The molecule has 1 aliphatic rings. The number of aryl methyl sites for hydroxylation is 1. The molecular weight excluding hydrogens is 328 g/mol. The number of ether oxygens (including phenoxy) is 1. The summed E-state index contributed by atoms with van der Waals surface area (Å²) in [6.45, 7) is 2.36. The lowest BCUT2D eigenvalue weighted by Gasteiger charge is -2.23. The minimum absolute atomic E-state index is 0.450. The van der Waals surface area contributed by atoms with Crippen molar-refractivity contribution in [2.24, 2.45) is 0 Å². The molecule has 26 heavy (non-hydrogen) atoms. The van der Waals surface area contributed by atoms with Gasteiger partial charge >= 0.3 is 6.09 Å². The van der Waals surface area contributed by atoms with E-state index in [9.17, 15) is 4.79 Å². The van der Waals surface area contributed by atoms with Crippen LogP contribution in [0.5, 0.6) is 0 Å². The van der Waals surface area contributed by atoms with E-state index in [1.54, 1.807) is 0 Å². The highest BCUT2D eigenvalue weighted by Gasteiger charge is 2.16. The lowest BCUT2D eigenvalue weighted by Crippen LogP contribution is -2.33. The van der Waals surface area contributed by atoms with Gasteiger partial charge in [-0.1, -0.05) is 42.5 Å². The molecule has 0 spiro atoms. The first-order valence-electron chi connectivity index (χ1n) is 8.96. The van der Waals surface area contributed by atoms with E-state index in [-0.39, 0.29) is 0 Å². The van der Waals surface area contributed by atoms with E-state index < -0.39 is 6.09 Å². The lowest BCUT2D eigenvalue weighted by molar-refractivity contribution is 0.118. The van der Waals surface area contributed by atoms with Gasteiger partial charge in [0, 0.05) is 31.6 Å². The minimum atomic E-state index is -0.858. The van der Waals surface area contributed by atoms with Gasteiger partial charge in [-0.15, -0.1) is 0 Å². The summed E-state index contributed by atoms with van der Waals surface area (Å²) in [6, 6.07) is 14.3. The highest BCUT2D eigenvalue weighted by Crippen LogP contribution is 2.22. The molecule has 1 N–H and O–H groups in total. The third-order valence-electron chi connectivity index (χ3n) is 4.51. The Kier molecular flexibility index (Phi) is 6.39. The first kappa shape index (κ1) is 18.1. The van der Waals surface area contributed by atoms with Crippen LogP contribution in [-0.2, 0) is 17.8 Å². The zero-order valence-electron chi connectivity index (χ0n) is 14.8. The number of hydrogen-bond donors (Lipinski definition) is 1. The normalized spacial score (nSPS) is 14.2. The lowest BCUT2D eigenvalue weighted by atomic mass is 10.0. The first-order chi connectivity index (χ1) is 12.7. The maximum atomic E-state index is 10.9. The van der Waals surface area contributed by atoms with Gasteiger partial charge in [0.25, 0.3) is 0 Å². The van der Waals surface area contributed by atoms with Gasteiger partial charge in [0.1, 0.15) is 0 Å². The third kappa shape index (κ3) is 5.17. The zero-order valence-corrected chi connectivity index (χ0v) is 14.8. The molecule has 1 amide bonds. The monoisotopic (exact) mass is 352 g/mol. The number of aromatic nitrogens is 1. The summed E-state index contributed by atoms with van der Waals surface area (Å²) in [7, 11) is 0. The molecule has 1 aliphatic heterocycles. The topological polar surface area (TPSA) is 62.7 Å². The number of rotatable bonds is 7. The average Bonchev–Trinajstić information content (AvgIpc) is 2.69. The van der Waals surface area contributed by atoms with Crippen molar-refractivity contribution in [1.82, 2.24) is 9.88 Å². The Bertz CT molecular complexity index is 742. The van der Waals surface area contributed by atoms with Crippen molar-refractivity contribution < 1.29 is 14.6 Å². The summed E-state index contributed by atoms with van der Waals surface area (Å²) in [6.07, 6.45) is 5.58. The number of hydrogen-bond acceptors (Lipinski definition) is 3. The minimum Gasteiger partial charge on any atom is -0.465 e. The van der Waals surface area contributed by atoms with Crippen LogP contribution in [0.1, 0.15) is 29.7 Å². The Morgan fingerprint density at radius 2 is 2.04 bits per heavy atom. The molecule has 1 aromatic carbocycles. The van der Waals surface area contributed by atoms with Crippen LogP contribution in [0.3, 0.4) is 0 Å². The van der Waals surface area contributed by atoms with Crippen LogP contribution in [0, 0.1) is 0 Å². The van der Waals surface area contributed by atoms with E-state index in [1.165, 1.54) is 16.0 Å². The largest absolute Gasteiger partial charge is 0.465 e. The molecule has 2 heterocycles. The van der Waals surface area contributed by atoms with E-state index in [4.69, 9.17) is 9.84 Å². The highest BCUT2D eigenvalue weighted by atomic mass is 16.5. The van der Waals surface area contributed by atoms with Crippen molar-refractivity contribution in [3.05, 3.63) is 71.6 Å². The van der Waals surface area contributed by atoms with Gasteiger partial charge in [-0.2, -0.15) is 0 Å². The predicted molar refractivity (Wildman–Crippen MR) is 101 cm³/mol. The number of carboxylic acid groups (broad SMARTS) is 1. The van der Waals surface area contributed by atoms with Crippen LogP contribution >= 0.6 is 0 Å². The molecule has 136 valence electrons. The second-order valence-corrected chi connectivity index (χ2v) is 6.39. The van der Waals surface area contributed by atoms with Gasteiger partial charge in [-0.25, -0.2) is 4.79 Å². The summed E-state index contributed by atoms with van der Waals surface area (Å²) in [5.74, 6) is 0. The van der Waals surface area contributed by atoms with Crippen LogP contribution in [0.2, 0.25) is 0 Å². The van der Waals surface area contributed by atoms with Crippen LogP contribution < -0.4 is 0 Å². The molecule has 0 aliphatic carbocycles. The molecule has 1 aromatic heterocycles. The van der Waals surface area contributed by atoms with Gasteiger partial charge in [0.2, 0.25) is 0 Å². The van der Waals surface area contributed by atoms with E-state index in [1.807, 2.05) is 30.5 Å². The van der Waals surface area contributed by atoms with Crippen molar-refractivity contribution in [3.8, 4) is 0 Å². The molecule has 0 fully saturated rings. The predicted octanol–water partition coefficient (Wildman–Crippen LogP) is 4.00. The Morgan fingerprint density at radius 3 is 2.69 bits per heavy atom. The molecule has 5 nitrogen and oxygen atoms in total. The molecule has 0 saturated heterocycles. The fourth-order valence-electron chi connectivity index (χ4n) is 2.99. The standard InChI is InChI=1S/C21H24N2O3/c24-21(25)23-12-10-18(11-13-23)19-8-9-20(22-15-19)7-4-14-26-16-17-5-2-1-3-6-17/h1-3,5-6,8-10,15H,4,7,11-14,16H2,(H,24,25). The molecule has 2 aromatic rings. The van der Waals surface area contributed by atoms with Crippen molar-refractivity contribution in [1.29, 1.82) is 0 Å². The number of benzene rings is 1. The summed E-state index contributed by atoms with van der Waals surface area (Å²) < 4.78 is 5.70. The van der Waals surface area contributed by atoms with Crippen molar-refractivity contribution in [2.75, 3.05) is 19.7 Å². The summed E-state index contributed by atoms with van der Waals surface area (Å²) >= 11 is 0. The highest BCUT2D eigenvalue weighted by molar-refractivity contribution is 5.70. The van der Waals surface area contributed by atoms with Crippen molar-refractivity contribution in [3.63, 3.8) is 0 Å². The smallest absolute Gasteiger partial charge is 0.407 e. The summed E-state index contributed by atoms with van der Waals surface area (Å²) in [5, 5.41) is 8.99. The fourth-order valence-corrected chi connectivity index (χ4v) is 2.99. The Balaban J connectivity index is 1.41. The Morgan fingerprint density at radius 1 is 1.19 bits per heavy atom. The van der Waals surface area contributed by atoms with Crippen molar-refractivity contribution in [2.45, 2.75) is 25.9 Å². The quantitative estimate of drug-likeness (QED) is 0.765. The van der Waals surface area contributed by atoms with Gasteiger partial charge in [0.05, 0.1) is 6.61 Å². The maximum absolute atomic E-state index is 10.9. The van der Waals surface area contributed by atoms with Gasteiger partial charge in [-0.05, 0) is 42.0 Å². The molecular formula is C21H24N2O3. The Hall–Kier alpha value is -2.66. The summed E-state index contributed by atoms with van der Waals surface area (Å²) in [5.41, 5.74) is 4.50. The van der Waals surface area contributed by atoms with Crippen molar-refractivity contribution >= 4 is 11.7 Å². The molecule has 0 saturated carbocycles. The molecule has 5 heteroatoms. The average molecular weight is 352 g/mol. The maximum Gasteiger partial charge on any atom is 0.407 e. The fraction of sp³-hybridized carbons (Fsp3) is 0.333. The second kappa shape index (κ2) is 9.15. The van der Waals surface area contributed by atoms with Crippen LogP contribution in [0.15, 0.2) is 54.7 Å². The van der Waals surface area contributed by atoms with Gasteiger partial charge in [0.15, 0.2) is 0 Å². The molecule has 0 bridgehead atoms. The molecule has 0 unspecified atom stereocenters. The molecule has 3 rings (SSSR count). The number of nitrogens with zero attached hydrogens (tertiary/aromatic N) is 2. The molecule has 0 radical (unpaired) electrons. The van der Waals surface area contributed by atoms with E-state index in [0.29, 0.717) is 26.3 Å².